The average molecular weight is 354 g/mol. The van der Waals surface area contributed by atoms with E-state index in [-0.39, 0.29) is 4.90 Å². The van der Waals surface area contributed by atoms with E-state index in [4.69, 9.17) is 0 Å². The van der Waals surface area contributed by atoms with Crippen LogP contribution in [0.3, 0.4) is 0 Å². The van der Waals surface area contributed by atoms with Crippen molar-refractivity contribution in [1.29, 1.82) is 0 Å². The van der Waals surface area contributed by atoms with Crippen molar-refractivity contribution in [3.63, 3.8) is 0 Å². The number of nitrogens with one attached hydrogen (secondary N) is 1. The van der Waals surface area contributed by atoms with Crippen LogP contribution in [-0.2, 0) is 10.0 Å². The topological polar surface area (TPSA) is 71.4 Å². The number of benzene rings is 1. The first-order chi connectivity index (χ1) is 9.49. The van der Waals surface area contributed by atoms with E-state index in [1.807, 2.05) is 0 Å². The first-order valence-electron chi connectivity index (χ1n) is 5.71. The number of nitrogens with zero attached hydrogens (tertiary/aromatic N) is 2. The lowest BCUT2D eigenvalue weighted by Crippen LogP contribution is -2.19. The molecule has 1 aromatic heterocycles. The molecule has 1 N–H and O–H groups in total. The zero-order chi connectivity index (χ0) is 14.6. The molecule has 20 heavy (non-hydrogen) atoms. The first kappa shape index (κ1) is 14.7. The molecule has 2 aromatic rings. The summed E-state index contributed by atoms with van der Waals surface area (Å²) in [5.41, 5.74) is 1.30. The number of hydrogen-bond acceptors (Lipinski definition) is 4. The second-order valence-electron chi connectivity index (χ2n) is 3.99. The van der Waals surface area contributed by atoms with E-state index < -0.39 is 10.0 Å². The van der Waals surface area contributed by atoms with Crippen LogP contribution >= 0.6 is 15.9 Å². The molecular weight excluding hydrogens is 342 g/mol. The largest absolute Gasteiger partial charge is 0.276 e. The second-order valence-corrected chi connectivity index (χ2v) is 6.56. The van der Waals surface area contributed by atoms with Crippen LogP contribution in [0.5, 0.6) is 0 Å². The maximum atomic E-state index is 12.0. The minimum absolute atomic E-state index is 0.156. The molecule has 1 heterocycles. The van der Waals surface area contributed by atoms with E-state index in [0.29, 0.717) is 5.71 Å². The molecule has 0 bridgehead atoms. The Kier molecular flexibility index (Phi) is 4.51. The third-order valence-corrected chi connectivity index (χ3v) is 4.29. The van der Waals surface area contributed by atoms with Crippen molar-refractivity contribution < 1.29 is 8.42 Å². The Morgan fingerprint density at radius 1 is 1.25 bits per heavy atom. The summed E-state index contributed by atoms with van der Waals surface area (Å²) in [6.45, 7) is 1.71. The lowest BCUT2D eigenvalue weighted by molar-refractivity contribution is 0.584. The molecule has 104 valence electrons. The molecule has 5 nitrogen and oxygen atoms in total. The van der Waals surface area contributed by atoms with Gasteiger partial charge in [-0.2, -0.15) is 18.4 Å². The molecule has 0 unspecified atom stereocenters. The van der Waals surface area contributed by atoms with Crippen LogP contribution in [0.15, 0.2) is 63.3 Å². The highest BCUT2D eigenvalue weighted by molar-refractivity contribution is 9.10. The highest BCUT2D eigenvalue weighted by Crippen LogP contribution is 2.14. The zero-order valence-corrected chi connectivity index (χ0v) is 13.0. The maximum absolute atomic E-state index is 12.0. The standard InChI is InChI=1S/C13H12BrN3O2S/c1-10(11-3-2-8-15-9-11)16-17-20(18,19)13-6-4-12(14)5-7-13/h2-9,17H,1H3. The van der Waals surface area contributed by atoms with E-state index >= 15 is 0 Å². The molecule has 2 rings (SSSR count). The van der Waals surface area contributed by atoms with Gasteiger partial charge in [0, 0.05) is 22.4 Å². The van der Waals surface area contributed by atoms with Crippen molar-refractivity contribution in [1.82, 2.24) is 9.82 Å². The van der Waals surface area contributed by atoms with Gasteiger partial charge >= 0.3 is 0 Å². The fourth-order valence-corrected chi connectivity index (χ4v) is 2.56. The number of halogens is 1. The molecule has 0 spiro atoms. The van der Waals surface area contributed by atoms with Crippen LogP contribution in [0.2, 0.25) is 0 Å². The van der Waals surface area contributed by atoms with E-state index in [0.717, 1.165) is 10.0 Å². The van der Waals surface area contributed by atoms with E-state index in [2.05, 4.69) is 30.8 Å². The average Bonchev–Trinajstić information content (AvgIpc) is 2.46. The van der Waals surface area contributed by atoms with Crippen LogP contribution < -0.4 is 4.83 Å². The molecule has 0 saturated heterocycles. The summed E-state index contributed by atoms with van der Waals surface area (Å²) in [6, 6.07) is 9.89. The lowest BCUT2D eigenvalue weighted by atomic mass is 10.2. The summed E-state index contributed by atoms with van der Waals surface area (Å²) in [5, 5.41) is 3.89. The van der Waals surface area contributed by atoms with E-state index in [1.54, 1.807) is 43.6 Å². The van der Waals surface area contributed by atoms with Crippen LogP contribution in [0.1, 0.15) is 12.5 Å². The van der Waals surface area contributed by atoms with Crippen LogP contribution in [-0.4, -0.2) is 19.1 Å². The lowest BCUT2D eigenvalue weighted by Gasteiger charge is -2.05. The monoisotopic (exact) mass is 353 g/mol. The quantitative estimate of drug-likeness (QED) is 0.678. The number of hydrogen-bond donors (Lipinski definition) is 1. The van der Waals surface area contributed by atoms with Gasteiger partial charge in [0.1, 0.15) is 0 Å². The Morgan fingerprint density at radius 2 is 1.95 bits per heavy atom. The molecule has 0 aliphatic carbocycles. The van der Waals surface area contributed by atoms with Crippen molar-refractivity contribution >= 4 is 31.7 Å². The van der Waals surface area contributed by atoms with Gasteiger partial charge in [-0.1, -0.05) is 22.0 Å². The fraction of sp³-hybridized carbons (Fsp3) is 0.0769. The SMILES string of the molecule is CC(=NNS(=O)(=O)c1ccc(Br)cc1)c1cccnc1. The molecule has 0 saturated carbocycles. The van der Waals surface area contributed by atoms with Gasteiger partial charge in [0.25, 0.3) is 10.0 Å². The van der Waals surface area contributed by atoms with Gasteiger partial charge in [-0.05, 0) is 37.3 Å². The summed E-state index contributed by atoms with van der Waals surface area (Å²) in [5.74, 6) is 0. The number of hydrazone groups is 1. The molecule has 0 fully saturated rings. The Labute approximate surface area is 125 Å². The van der Waals surface area contributed by atoms with Crippen molar-refractivity contribution in [2.24, 2.45) is 5.10 Å². The Morgan fingerprint density at radius 3 is 2.55 bits per heavy atom. The smallest absolute Gasteiger partial charge is 0.264 e. The van der Waals surface area contributed by atoms with Gasteiger partial charge in [0.15, 0.2) is 0 Å². The Bertz CT molecular complexity index is 713. The predicted octanol–water partition coefficient (Wildman–Crippen LogP) is 2.55. The molecule has 0 aliphatic heterocycles. The summed E-state index contributed by atoms with van der Waals surface area (Å²) < 4.78 is 24.9. The van der Waals surface area contributed by atoms with Gasteiger partial charge in [0.2, 0.25) is 0 Å². The molecule has 0 amide bonds. The summed E-state index contributed by atoms with van der Waals surface area (Å²) in [4.78, 5) is 6.32. The van der Waals surface area contributed by atoms with Gasteiger partial charge in [0.05, 0.1) is 10.6 Å². The van der Waals surface area contributed by atoms with Crippen molar-refractivity contribution in [3.8, 4) is 0 Å². The Hall–Kier alpha value is -1.73. The second kappa shape index (κ2) is 6.15. The van der Waals surface area contributed by atoms with Crippen LogP contribution in [0.4, 0.5) is 0 Å². The molecule has 7 heteroatoms. The van der Waals surface area contributed by atoms with Gasteiger partial charge in [-0.15, -0.1) is 0 Å². The minimum atomic E-state index is -3.66. The number of sulfonamides is 1. The van der Waals surface area contributed by atoms with E-state index in [9.17, 15) is 8.42 Å². The van der Waals surface area contributed by atoms with E-state index in [1.165, 1.54) is 12.1 Å². The number of aromatic nitrogens is 1. The Balaban J connectivity index is 2.19. The minimum Gasteiger partial charge on any atom is -0.264 e. The molecule has 0 aliphatic rings. The normalized spacial score (nSPS) is 12.2. The summed E-state index contributed by atoms with van der Waals surface area (Å²) in [6.07, 6.45) is 3.26. The first-order valence-corrected chi connectivity index (χ1v) is 7.99. The summed E-state index contributed by atoms with van der Waals surface area (Å²) >= 11 is 3.26. The predicted molar refractivity (Wildman–Crippen MR) is 80.9 cm³/mol. The summed E-state index contributed by atoms with van der Waals surface area (Å²) in [7, 11) is -3.66. The molecule has 0 radical (unpaired) electrons. The zero-order valence-electron chi connectivity index (χ0n) is 10.6. The highest BCUT2D eigenvalue weighted by Gasteiger charge is 2.12. The van der Waals surface area contributed by atoms with Crippen molar-refractivity contribution in [3.05, 3.63) is 58.8 Å². The van der Waals surface area contributed by atoms with Gasteiger partial charge < -0.3 is 0 Å². The fourth-order valence-electron chi connectivity index (χ4n) is 1.44. The molecule has 0 atom stereocenters. The van der Waals surface area contributed by atoms with Gasteiger partial charge in [-0.25, -0.2) is 0 Å². The van der Waals surface area contributed by atoms with Crippen molar-refractivity contribution in [2.75, 3.05) is 0 Å². The molecular formula is C13H12BrN3O2S. The third kappa shape index (κ3) is 3.64. The van der Waals surface area contributed by atoms with Crippen LogP contribution in [0.25, 0.3) is 0 Å². The number of rotatable bonds is 4. The molecule has 1 aromatic carbocycles. The third-order valence-electron chi connectivity index (χ3n) is 2.54. The highest BCUT2D eigenvalue weighted by atomic mass is 79.9. The maximum Gasteiger partial charge on any atom is 0.276 e. The van der Waals surface area contributed by atoms with Crippen LogP contribution in [0, 0.1) is 0 Å². The van der Waals surface area contributed by atoms with Gasteiger partial charge in [-0.3, -0.25) is 4.98 Å². The van der Waals surface area contributed by atoms with Crippen molar-refractivity contribution in [2.45, 2.75) is 11.8 Å². The number of pyridine rings is 1.